The zero-order chi connectivity index (χ0) is 15.0. The van der Waals surface area contributed by atoms with E-state index < -0.39 is 11.6 Å². The highest BCUT2D eigenvalue weighted by Gasteiger charge is 2.34. The van der Waals surface area contributed by atoms with Gasteiger partial charge in [-0.05, 0) is 55.4 Å². The van der Waals surface area contributed by atoms with Crippen LogP contribution in [0.2, 0.25) is 0 Å². The van der Waals surface area contributed by atoms with E-state index in [-0.39, 0.29) is 11.3 Å². The van der Waals surface area contributed by atoms with Gasteiger partial charge in [0.05, 0.1) is 6.26 Å². The van der Waals surface area contributed by atoms with Crippen LogP contribution in [0.1, 0.15) is 52.6 Å². The smallest absolute Gasteiger partial charge is 0.339 e. The first-order valence-corrected chi connectivity index (χ1v) is 7.16. The fourth-order valence-corrected chi connectivity index (χ4v) is 3.02. The number of aromatic carboxylic acids is 1. The number of carboxylic acids is 1. The summed E-state index contributed by atoms with van der Waals surface area (Å²) in [7, 11) is 0. The summed E-state index contributed by atoms with van der Waals surface area (Å²) in [5, 5.41) is 20.0. The van der Waals surface area contributed by atoms with Gasteiger partial charge in [-0.15, -0.1) is 0 Å². The van der Waals surface area contributed by atoms with Crippen LogP contribution in [0.15, 0.2) is 34.9 Å². The summed E-state index contributed by atoms with van der Waals surface area (Å²) >= 11 is 0. The van der Waals surface area contributed by atoms with Crippen LogP contribution in [0.3, 0.4) is 0 Å². The molecular weight excluding hydrogens is 268 g/mol. The number of rotatable bonds is 3. The number of aryl methyl sites for hydroxylation is 2. The van der Waals surface area contributed by atoms with Gasteiger partial charge in [0, 0.05) is 0 Å². The summed E-state index contributed by atoms with van der Waals surface area (Å²) in [5.41, 5.74) is 1.77. The van der Waals surface area contributed by atoms with Gasteiger partial charge >= 0.3 is 5.97 Å². The molecule has 0 amide bonds. The number of carbonyl (C=O) groups is 1. The van der Waals surface area contributed by atoms with Gasteiger partial charge in [-0.2, -0.15) is 0 Å². The lowest BCUT2D eigenvalue weighted by atomic mass is 9.85. The molecule has 1 atom stereocenters. The lowest BCUT2D eigenvalue weighted by Crippen LogP contribution is -2.25. The zero-order valence-corrected chi connectivity index (χ0v) is 11.9. The van der Waals surface area contributed by atoms with Gasteiger partial charge in [-0.25, -0.2) is 4.79 Å². The predicted octanol–water partition coefficient (Wildman–Crippen LogP) is 3.11. The Morgan fingerprint density at radius 2 is 1.90 bits per heavy atom. The van der Waals surface area contributed by atoms with Gasteiger partial charge in [-0.1, -0.05) is 18.2 Å². The second kappa shape index (κ2) is 5.04. The molecule has 1 aromatic heterocycles. The van der Waals surface area contributed by atoms with E-state index in [4.69, 9.17) is 4.42 Å². The first-order chi connectivity index (χ1) is 10.00. The Morgan fingerprint density at radius 3 is 2.62 bits per heavy atom. The standard InChI is InChI=1S/C17H18O4/c1-17(20,15-14(16(18)19)8-9-21-15)13-7-6-11-4-2-3-5-12(11)10-13/h6-10,20H,2-5H2,1H3,(H,18,19). The Bertz CT molecular complexity index is 682. The molecule has 0 radical (unpaired) electrons. The number of hydrogen-bond acceptors (Lipinski definition) is 3. The van der Waals surface area contributed by atoms with Crippen LogP contribution in [0.25, 0.3) is 0 Å². The third-order valence-electron chi connectivity index (χ3n) is 4.25. The maximum Gasteiger partial charge on any atom is 0.339 e. The molecule has 1 aliphatic rings. The van der Waals surface area contributed by atoms with Crippen molar-refractivity contribution in [3.63, 3.8) is 0 Å². The quantitative estimate of drug-likeness (QED) is 0.909. The zero-order valence-electron chi connectivity index (χ0n) is 11.9. The molecule has 4 heteroatoms. The molecule has 4 nitrogen and oxygen atoms in total. The van der Waals surface area contributed by atoms with Gasteiger partial charge < -0.3 is 14.6 Å². The summed E-state index contributed by atoms with van der Waals surface area (Å²) in [6, 6.07) is 7.23. The molecule has 0 fully saturated rings. The predicted molar refractivity (Wildman–Crippen MR) is 77.4 cm³/mol. The first kappa shape index (κ1) is 13.9. The average Bonchev–Trinajstić information content (AvgIpc) is 2.97. The van der Waals surface area contributed by atoms with Crippen LogP contribution >= 0.6 is 0 Å². The molecule has 110 valence electrons. The molecule has 21 heavy (non-hydrogen) atoms. The second-order valence-electron chi connectivity index (χ2n) is 5.73. The molecule has 2 aromatic rings. The van der Waals surface area contributed by atoms with Gasteiger partial charge in [0.1, 0.15) is 11.2 Å². The van der Waals surface area contributed by atoms with Crippen molar-refractivity contribution in [3.8, 4) is 0 Å². The minimum atomic E-state index is -1.45. The maximum absolute atomic E-state index is 11.2. The van der Waals surface area contributed by atoms with Crippen molar-refractivity contribution in [2.24, 2.45) is 0 Å². The monoisotopic (exact) mass is 286 g/mol. The molecule has 0 saturated carbocycles. The van der Waals surface area contributed by atoms with Crippen LogP contribution in [0.5, 0.6) is 0 Å². The second-order valence-corrected chi connectivity index (χ2v) is 5.73. The summed E-state index contributed by atoms with van der Waals surface area (Å²) in [6.45, 7) is 1.57. The van der Waals surface area contributed by atoms with Crippen LogP contribution < -0.4 is 0 Å². The Hall–Kier alpha value is -2.07. The lowest BCUT2D eigenvalue weighted by molar-refractivity contribution is 0.0615. The number of benzene rings is 1. The Labute approximate surface area is 123 Å². The number of carboxylic acid groups (broad SMARTS) is 1. The lowest BCUT2D eigenvalue weighted by Gasteiger charge is -2.25. The van der Waals surface area contributed by atoms with E-state index in [0.29, 0.717) is 5.56 Å². The average molecular weight is 286 g/mol. The minimum absolute atomic E-state index is 0.00211. The van der Waals surface area contributed by atoms with Crippen molar-refractivity contribution in [1.82, 2.24) is 0 Å². The Kier molecular flexibility index (Phi) is 3.33. The van der Waals surface area contributed by atoms with E-state index in [0.717, 1.165) is 19.3 Å². The fraction of sp³-hybridized carbons (Fsp3) is 0.353. The van der Waals surface area contributed by atoms with E-state index in [1.807, 2.05) is 18.2 Å². The van der Waals surface area contributed by atoms with Crippen LogP contribution in [0, 0.1) is 0 Å². The molecule has 0 bridgehead atoms. The first-order valence-electron chi connectivity index (χ1n) is 7.16. The number of hydrogen-bond donors (Lipinski definition) is 2. The van der Waals surface area contributed by atoms with E-state index in [1.54, 1.807) is 6.92 Å². The van der Waals surface area contributed by atoms with Gasteiger partial charge in [-0.3, -0.25) is 0 Å². The Morgan fingerprint density at radius 1 is 1.19 bits per heavy atom. The summed E-state index contributed by atoms with van der Waals surface area (Å²) < 4.78 is 5.26. The normalized spacial score (nSPS) is 17.0. The van der Waals surface area contributed by atoms with Crippen molar-refractivity contribution in [1.29, 1.82) is 0 Å². The number of fused-ring (bicyclic) bond motifs is 1. The molecule has 3 rings (SSSR count). The molecule has 2 N–H and O–H groups in total. The molecule has 1 heterocycles. The molecule has 0 spiro atoms. The van der Waals surface area contributed by atoms with E-state index >= 15 is 0 Å². The fourth-order valence-electron chi connectivity index (χ4n) is 3.02. The highest BCUT2D eigenvalue weighted by Crippen LogP contribution is 2.34. The van der Waals surface area contributed by atoms with Crippen molar-refractivity contribution in [3.05, 3.63) is 58.5 Å². The maximum atomic E-state index is 11.2. The molecular formula is C17H18O4. The summed E-state index contributed by atoms with van der Waals surface area (Å²) in [4.78, 5) is 11.2. The summed E-state index contributed by atoms with van der Waals surface area (Å²) in [6.07, 6.45) is 5.72. The number of aliphatic hydroxyl groups is 1. The van der Waals surface area contributed by atoms with Crippen LogP contribution in [-0.4, -0.2) is 16.2 Å². The van der Waals surface area contributed by atoms with E-state index in [2.05, 4.69) is 0 Å². The molecule has 0 saturated heterocycles. The van der Waals surface area contributed by atoms with Crippen LogP contribution in [0.4, 0.5) is 0 Å². The molecule has 1 aliphatic carbocycles. The molecule has 1 unspecified atom stereocenters. The van der Waals surface area contributed by atoms with Crippen LogP contribution in [-0.2, 0) is 18.4 Å². The highest BCUT2D eigenvalue weighted by molar-refractivity contribution is 5.89. The SMILES string of the molecule is CC(O)(c1ccc2c(c1)CCCC2)c1occc1C(=O)O. The van der Waals surface area contributed by atoms with Gasteiger partial charge in [0.15, 0.2) is 5.76 Å². The molecule has 0 aliphatic heterocycles. The summed E-state index contributed by atoms with van der Waals surface area (Å²) in [5.74, 6) is -1.03. The molecule has 1 aromatic carbocycles. The third kappa shape index (κ3) is 2.36. The topological polar surface area (TPSA) is 70.7 Å². The van der Waals surface area contributed by atoms with Gasteiger partial charge in [0.25, 0.3) is 0 Å². The van der Waals surface area contributed by atoms with Crippen molar-refractivity contribution in [2.45, 2.75) is 38.2 Å². The largest absolute Gasteiger partial charge is 0.478 e. The number of furan rings is 1. The van der Waals surface area contributed by atoms with Crippen molar-refractivity contribution < 1.29 is 19.4 Å². The van der Waals surface area contributed by atoms with E-state index in [9.17, 15) is 15.0 Å². The highest BCUT2D eigenvalue weighted by atomic mass is 16.4. The van der Waals surface area contributed by atoms with Crippen molar-refractivity contribution >= 4 is 5.97 Å². The van der Waals surface area contributed by atoms with E-state index in [1.165, 1.54) is 29.9 Å². The minimum Gasteiger partial charge on any atom is -0.478 e. The Balaban J connectivity index is 2.05. The van der Waals surface area contributed by atoms with Crippen molar-refractivity contribution in [2.75, 3.05) is 0 Å². The third-order valence-corrected chi connectivity index (χ3v) is 4.25. The van der Waals surface area contributed by atoms with Gasteiger partial charge in [0.2, 0.25) is 0 Å².